The average molecular weight is 288 g/mol. The van der Waals surface area contributed by atoms with Crippen LogP contribution in [0.1, 0.15) is 25.3 Å². The van der Waals surface area contributed by atoms with E-state index in [1.54, 1.807) is 6.07 Å². The van der Waals surface area contributed by atoms with Crippen molar-refractivity contribution >= 4 is 23.2 Å². The van der Waals surface area contributed by atoms with Gasteiger partial charge in [-0.05, 0) is 48.8 Å². The van der Waals surface area contributed by atoms with Crippen LogP contribution in [-0.2, 0) is 6.42 Å². The van der Waals surface area contributed by atoms with Gasteiger partial charge in [0.05, 0.1) is 10.0 Å². The van der Waals surface area contributed by atoms with Crippen LogP contribution in [0.5, 0.6) is 0 Å². The zero-order chi connectivity index (χ0) is 13.1. The van der Waals surface area contributed by atoms with Gasteiger partial charge in [0.1, 0.15) is 6.23 Å². The van der Waals surface area contributed by atoms with Gasteiger partial charge < -0.3 is 5.11 Å². The first-order chi connectivity index (χ1) is 8.56. The summed E-state index contributed by atoms with van der Waals surface area (Å²) in [6.45, 7) is 2.96. The van der Waals surface area contributed by atoms with Crippen LogP contribution in [0.15, 0.2) is 18.2 Å². The van der Waals surface area contributed by atoms with Gasteiger partial charge in [0.15, 0.2) is 0 Å². The minimum Gasteiger partial charge on any atom is -0.378 e. The summed E-state index contributed by atoms with van der Waals surface area (Å²) in [6, 6.07) is 5.63. The van der Waals surface area contributed by atoms with Crippen molar-refractivity contribution in [1.29, 1.82) is 0 Å². The van der Waals surface area contributed by atoms with Crippen molar-refractivity contribution in [2.45, 2.75) is 32.4 Å². The van der Waals surface area contributed by atoms with E-state index in [1.807, 2.05) is 19.1 Å². The molecule has 0 saturated heterocycles. The van der Waals surface area contributed by atoms with Gasteiger partial charge >= 0.3 is 0 Å². The molecule has 1 aromatic carbocycles. The molecule has 2 nitrogen and oxygen atoms in total. The molecule has 1 aliphatic carbocycles. The van der Waals surface area contributed by atoms with Crippen LogP contribution in [0.2, 0.25) is 10.0 Å². The van der Waals surface area contributed by atoms with Crippen molar-refractivity contribution < 1.29 is 5.11 Å². The third-order valence-corrected chi connectivity index (χ3v) is 4.13. The van der Waals surface area contributed by atoms with Gasteiger partial charge in [0.25, 0.3) is 0 Å². The van der Waals surface area contributed by atoms with Crippen molar-refractivity contribution in [3.8, 4) is 0 Å². The maximum atomic E-state index is 10.0. The number of halogens is 2. The Kier molecular flexibility index (Phi) is 4.91. The molecule has 2 unspecified atom stereocenters. The lowest BCUT2D eigenvalue weighted by Crippen LogP contribution is -2.36. The number of nitrogens with one attached hydrogen (secondary N) is 1. The van der Waals surface area contributed by atoms with Gasteiger partial charge in [-0.1, -0.05) is 36.2 Å². The molecule has 0 bridgehead atoms. The van der Waals surface area contributed by atoms with Crippen LogP contribution < -0.4 is 5.32 Å². The Hall–Kier alpha value is -0.280. The number of aliphatic hydroxyl groups excluding tert-OH is 1. The van der Waals surface area contributed by atoms with Gasteiger partial charge in [-0.3, -0.25) is 5.32 Å². The Morgan fingerprint density at radius 3 is 2.67 bits per heavy atom. The topological polar surface area (TPSA) is 32.3 Å². The molecule has 4 heteroatoms. The number of aliphatic hydroxyl groups is 1. The zero-order valence-electron chi connectivity index (χ0n) is 10.5. The first-order valence-electron chi connectivity index (χ1n) is 6.41. The summed E-state index contributed by atoms with van der Waals surface area (Å²) in [5, 5.41) is 14.3. The fourth-order valence-electron chi connectivity index (χ4n) is 1.96. The first kappa shape index (κ1) is 14.1. The van der Waals surface area contributed by atoms with E-state index in [0.29, 0.717) is 10.0 Å². The van der Waals surface area contributed by atoms with Gasteiger partial charge in [0, 0.05) is 6.54 Å². The Labute approximate surface area is 118 Å². The van der Waals surface area contributed by atoms with Crippen molar-refractivity contribution in [3.63, 3.8) is 0 Å². The second-order valence-electron chi connectivity index (χ2n) is 5.23. The van der Waals surface area contributed by atoms with E-state index in [1.165, 1.54) is 12.8 Å². The molecule has 2 N–H and O–H groups in total. The van der Waals surface area contributed by atoms with Crippen molar-refractivity contribution in [2.75, 3.05) is 6.54 Å². The highest BCUT2D eigenvalue weighted by Crippen LogP contribution is 2.28. The quantitative estimate of drug-likeness (QED) is 0.785. The fraction of sp³-hybridized carbons (Fsp3) is 0.571. The highest BCUT2D eigenvalue weighted by atomic mass is 35.5. The second-order valence-corrected chi connectivity index (χ2v) is 6.04. The number of benzene rings is 1. The Bertz CT molecular complexity index is 407. The summed E-state index contributed by atoms with van der Waals surface area (Å²) in [5.41, 5.74) is 1.10. The highest BCUT2D eigenvalue weighted by Gasteiger charge is 2.23. The van der Waals surface area contributed by atoms with Crippen molar-refractivity contribution in [3.05, 3.63) is 33.8 Å². The lowest BCUT2D eigenvalue weighted by Gasteiger charge is -2.20. The van der Waals surface area contributed by atoms with Gasteiger partial charge in [0.2, 0.25) is 0 Å². The fourth-order valence-corrected chi connectivity index (χ4v) is 2.28. The standard InChI is InChI=1S/C14H19Cl2NO/c1-9(14(18)17-8-10-2-3-10)6-11-4-5-12(15)13(16)7-11/h4-5,7,9-10,14,17-18H,2-3,6,8H2,1H3. The molecule has 0 heterocycles. The molecule has 0 spiro atoms. The molecule has 0 radical (unpaired) electrons. The molecule has 1 saturated carbocycles. The normalized spacial score (nSPS) is 18.7. The van der Waals surface area contributed by atoms with Crippen LogP contribution in [0, 0.1) is 11.8 Å². The minimum atomic E-state index is -0.458. The summed E-state index contributed by atoms with van der Waals surface area (Å²) in [7, 11) is 0. The highest BCUT2D eigenvalue weighted by molar-refractivity contribution is 6.42. The maximum absolute atomic E-state index is 10.0. The van der Waals surface area contributed by atoms with E-state index in [9.17, 15) is 5.11 Å². The molecule has 2 rings (SSSR count). The predicted octanol–water partition coefficient (Wildman–Crippen LogP) is 3.49. The molecule has 18 heavy (non-hydrogen) atoms. The monoisotopic (exact) mass is 287 g/mol. The van der Waals surface area contributed by atoms with Crippen LogP contribution in [0.25, 0.3) is 0 Å². The molecule has 1 fully saturated rings. The third-order valence-electron chi connectivity index (χ3n) is 3.39. The molecule has 2 atom stereocenters. The molecule has 0 amide bonds. The van der Waals surface area contributed by atoms with E-state index >= 15 is 0 Å². The van der Waals surface area contributed by atoms with Crippen LogP contribution in [0.4, 0.5) is 0 Å². The van der Waals surface area contributed by atoms with E-state index in [-0.39, 0.29) is 5.92 Å². The summed E-state index contributed by atoms with van der Waals surface area (Å²) in [5.74, 6) is 0.929. The minimum absolute atomic E-state index is 0.154. The molecule has 1 aromatic rings. The van der Waals surface area contributed by atoms with Gasteiger partial charge in [-0.25, -0.2) is 0 Å². The largest absolute Gasteiger partial charge is 0.378 e. The lowest BCUT2D eigenvalue weighted by atomic mass is 9.99. The lowest BCUT2D eigenvalue weighted by molar-refractivity contribution is 0.0816. The van der Waals surface area contributed by atoms with E-state index in [4.69, 9.17) is 23.2 Å². The van der Waals surface area contributed by atoms with Crippen LogP contribution >= 0.6 is 23.2 Å². The van der Waals surface area contributed by atoms with Gasteiger partial charge in [-0.2, -0.15) is 0 Å². The molecular formula is C14H19Cl2NO. The van der Waals surface area contributed by atoms with Crippen molar-refractivity contribution in [2.24, 2.45) is 11.8 Å². The third kappa shape index (κ3) is 4.13. The second kappa shape index (κ2) is 6.25. The SMILES string of the molecule is CC(Cc1ccc(Cl)c(Cl)c1)C(O)NCC1CC1. The summed E-state index contributed by atoms with van der Waals surface area (Å²) in [6.07, 6.45) is 2.91. The summed E-state index contributed by atoms with van der Waals surface area (Å²) in [4.78, 5) is 0. The molecule has 0 aliphatic heterocycles. The number of hydrogen-bond donors (Lipinski definition) is 2. The predicted molar refractivity (Wildman–Crippen MR) is 76.1 cm³/mol. The van der Waals surface area contributed by atoms with Crippen molar-refractivity contribution in [1.82, 2.24) is 5.32 Å². The van der Waals surface area contributed by atoms with E-state index in [2.05, 4.69) is 5.32 Å². The number of rotatable bonds is 6. The van der Waals surface area contributed by atoms with Crippen LogP contribution in [0.3, 0.4) is 0 Å². The summed E-state index contributed by atoms with van der Waals surface area (Å²) >= 11 is 11.9. The van der Waals surface area contributed by atoms with Crippen LogP contribution in [-0.4, -0.2) is 17.9 Å². The maximum Gasteiger partial charge on any atom is 0.107 e. The Morgan fingerprint density at radius 2 is 2.06 bits per heavy atom. The average Bonchev–Trinajstić information content (AvgIpc) is 3.14. The summed E-state index contributed by atoms with van der Waals surface area (Å²) < 4.78 is 0. The van der Waals surface area contributed by atoms with E-state index in [0.717, 1.165) is 24.4 Å². The van der Waals surface area contributed by atoms with Gasteiger partial charge in [-0.15, -0.1) is 0 Å². The molecule has 1 aliphatic rings. The Morgan fingerprint density at radius 1 is 1.33 bits per heavy atom. The first-order valence-corrected chi connectivity index (χ1v) is 7.17. The molecule has 100 valence electrons. The smallest absolute Gasteiger partial charge is 0.107 e. The zero-order valence-corrected chi connectivity index (χ0v) is 12.0. The Balaban J connectivity index is 1.84. The molecule has 0 aromatic heterocycles. The number of hydrogen-bond acceptors (Lipinski definition) is 2. The van der Waals surface area contributed by atoms with E-state index < -0.39 is 6.23 Å². The molecular weight excluding hydrogens is 269 g/mol.